The molecule has 0 aliphatic heterocycles. The van der Waals surface area contributed by atoms with E-state index < -0.39 is 0 Å². The van der Waals surface area contributed by atoms with E-state index in [0.717, 1.165) is 33.5 Å². The average molecular weight is 246 g/mol. The molecule has 4 nitrogen and oxygen atoms in total. The quantitative estimate of drug-likeness (QED) is 0.561. The van der Waals surface area contributed by atoms with Crippen LogP contribution in [0.25, 0.3) is 33.5 Å². The van der Waals surface area contributed by atoms with Gasteiger partial charge < -0.3 is 4.98 Å². The third kappa shape index (κ3) is 1.57. The zero-order chi connectivity index (χ0) is 12.7. The van der Waals surface area contributed by atoms with Crippen LogP contribution in [0.1, 0.15) is 0 Å². The number of para-hydroxylation sites is 1. The lowest BCUT2D eigenvalue weighted by Gasteiger charge is -1.95. The lowest BCUT2D eigenvalue weighted by Crippen LogP contribution is -1.83. The maximum absolute atomic E-state index is 4.65. The Kier molecular flexibility index (Phi) is 2.08. The van der Waals surface area contributed by atoms with Crippen LogP contribution in [0.4, 0.5) is 0 Å². The van der Waals surface area contributed by atoms with Crippen LogP contribution in [0.3, 0.4) is 0 Å². The van der Waals surface area contributed by atoms with E-state index in [1.165, 1.54) is 0 Å². The van der Waals surface area contributed by atoms with Crippen molar-refractivity contribution < 1.29 is 0 Å². The highest BCUT2D eigenvalue weighted by Gasteiger charge is 2.09. The summed E-state index contributed by atoms with van der Waals surface area (Å²) < 4.78 is 0. The van der Waals surface area contributed by atoms with Gasteiger partial charge in [0, 0.05) is 11.6 Å². The summed E-state index contributed by atoms with van der Waals surface area (Å²) in [5.74, 6) is 0.772. The Balaban J connectivity index is 2.04. The predicted molar refractivity (Wildman–Crippen MR) is 74.6 cm³/mol. The molecule has 0 bridgehead atoms. The summed E-state index contributed by atoms with van der Waals surface area (Å²) in [4.78, 5) is 16.7. The van der Waals surface area contributed by atoms with Gasteiger partial charge in [-0.25, -0.2) is 4.98 Å². The smallest absolute Gasteiger partial charge is 0.157 e. The molecule has 0 unspecified atom stereocenters. The van der Waals surface area contributed by atoms with Gasteiger partial charge in [-0.2, -0.15) is 0 Å². The summed E-state index contributed by atoms with van der Waals surface area (Å²) in [6.45, 7) is 0. The summed E-state index contributed by atoms with van der Waals surface area (Å²) >= 11 is 0. The number of fused-ring (bicyclic) bond motifs is 3. The number of benzene rings is 1. The van der Waals surface area contributed by atoms with Crippen LogP contribution >= 0.6 is 0 Å². The zero-order valence-corrected chi connectivity index (χ0v) is 10.0. The van der Waals surface area contributed by atoms with Gasteiger partial charge in [-0.15, -0.1) is 0 Å². The Hall–Kier alpha value is -2.75. The highest BCUT2D eigenvalue weighted by molar-refractivity contribution is 6.02. The molecule has 90 valence electrons. The minimum absolute atomic E-state index is 0.772. The van der Waals surface area contributed by atoms with Gasteiger partial charge in [0.05, 0.1) is 17.2 Å². The maximum Gasteiger partial charge on any atom is 0.157 e. The number of imidazole rings is 1. The minimum atomic E-state index is 0.772. The molecule has 0 fully saturated rings. The summed E-state index contributed by atoms with van der Waals surface area (Å²) in [5, 5.41) is 1.05. The molecule has 0 aliphatic carbocycles. The van der Waals surface area contributed by atoms with Crippen molar-refractivity contribution in [2.75, 3.05) is 0 Å². The molecule has 19 heavy (non-hydrogen) atoms. The Morgan fingerprint density at radius 1 is 0.895 bits per heavy atom. The van der Waals surface area contributed by atoms with Crippen molar-refractivity contribution in [3.8, 4) is 11.5 Å². The largest absolute Gasteiger partial charge is 0.335 e. The second-order valence-corrected chi connectivity index (χ2v) is 4.34. The molecule has 4 rings (SSSR count). The number of aromatic amines is 1. The van der Waals surface area contributed by atoms with Gasteiger partial charge in [-0.3, -0.25) is 9.97 Å². The molecule has 0 saturated heterocycles. The van der Waals surface area contributed by atoms with Crippen molar-refractivity contribution >= 4 is 21.9 Å². The highest BCUT2D eigenvalue weighted by atomic mass is 15.0. The number of nitrogens with zero attached hydrogens (tertiary/aromatic N) is 3. The van der Waals surface area contributed by atoms with Crippen molar-refractivity contribution in [3.63, 3.8) is 0 Å². The topological polar surface area (TPSA) is 54.5 Å². The van der Waals surface area contributed by atoms with E-state index in [-0.39, 0.29) is 0 Å². The van der Waals surface area contributed by atoms with E-state index in [2.05, 4.69) is 19.9 Å². The number of hydrogen-bond donors (Lipinski definition) is 1. The van der Waals surface area contributed by atoms with E-state index in [1.54, 1.807) is 6.20 Å². The van der Waals surface area contributed by atoms with E-state index in [1.807, 2.05) is 48.7 Å². The Morgan fingerprint density at radius 3 is 2.68 bits per heavy atom. The second kappa shape index (κ2) is 3.88. The zero-order valence-electron chi connectivity index (χ0n) is 10.0. The number of hydrogen-bond acceptors (Lipinski definition) is 3. The van der Waals surface area contributed by atoms with Crippen molar-refractivity contribution in [2.24, 2.45) is 0 Å². The third-order valence-corrected chi connectivity index (χ3v) is 3.13. The molecule has 1 N–H and O–H groups in total. The van der Waals surface area contributed by atoms with Gasteiger partial charge in [-0.1, -0.05) is 24.3 Å². The molecular formula is C15H10N4. The predicted octanol–water partition coefficient (Wildman–Crippen LogP) is 3.17. The fraction of sp³-hybridized carbons (Fsp3) is 0. The van der Waals surface area contributed by atoms with Crippen LogP contribution in [-0.4, -0.2) is 19.9 Å². The molecule has 4 aromatic rings. The SMILES string of the molecule is c1ccc(-c2nc3c(cnc4ccccc43)[nH]2)nc1. The van der Waals surface area contributed by atoms with Gasteiger partial charge in [0.15, 0.2) is 5.82 Å². The molecule has 0 aliphatic rings. The van der Waals surface area contributed by atoms with Crippen LogP contribution in [0.2, 0.25) is 0 Å². The first-order chi connectivity index (χ1) is 9.42. The number of aromatic nitrogens is 4. The third-order valence-electron chi connectivity index (χ3n) is 3.13. The van der Waals surface area contributed by atoms with Gasteiger partial charge in [-0.05, 0) is 18.2 Å². The summed E-state index contributed by atoms with van der Waals surface area (Å²) in [7, 11) is 0. The van der Waals surface area contributed by atoms with Crippen molar-refractivity contribution in [2.45, 2.75) is 0 Å². The summed E-state index contributed by atoms with van der Waals surface area (Å²) in [5.41, 5.74) is 3.66. The number of pyridine rings is 2. The lowest BCUT2D eigenvalue weighted by atomic mass is 10.2. The van der Waals surface area contributed by atoms with Crippen molar-refractivity contribution in [1.29, 1.82) is 0 Å². The minimum Gasteiger partial charge on any atom is -0.335 e. The molecule has 0 radical (unpaired) electrons. The lowest BCUT2D eigenvalue weighted by molar-refractivity contribution is 1.24. The number of nitrogens with one attached hydrogen (secondary N) is 1. The molecule has 3 aromatic heterocycles. The molecule has 1 aromatic carbocycles. The number of rotatable bonds is 1. The van der Waals surface area contributed by atoms with Gasteiger partial charge >= 0.3 is 0 Å². The van der Waals surface area contributed by atoms with Crippen LogP contribution in [0.15, 0.2) is 54.9 Å². The standard InChI is InChI=1S/C15H10N4/c1-2-6-11-10(5-1)14-13(9-17-11)18-15(19-14)12-7-3-4-8-16-12/h1-9H,(H,18,19). The second-order valence-electron chi connectivity index (χ2n) is 4.34. The van der Waals surface area contributed by atoms with E-state index in [4.69, 9.17) is 0 Å². The molecular weight excluding hydrogens is 236 g/mol. The highest BCUT2D eigenvalue weighted by Crippen LogP contribution is 2.24. The molecule has 3 heterocycles. The monoisotopic (exact) mass is 246 g/mol. The molecule has 0 atom stereocenters. The molecule has 0 spiro atoms. The fourth-order valence-corrected chi connectivity index (χ4v) is 2.23. The van der Waals surface area contributed by atoms with E-state index in [0.29, 0.717) is 0 Å². The van der Waals surface area contributed by atoms with E-state index in [9.17, 15) is 0 Å². The fourth-order valence-electron chi connectivity index (χ4n) is 2.23. The van der Waals surface area contributed by atoms with Crippen molar-refractivity contribution in [3.05, 3.63) is 54.9 Å². The first-order valence-electron chi connectivity index (χ1n) is 6.07. The Bertz CT molecular complexity index is 865. The van der Waals surface area contributed by atoms with Gasteiger partial charge in [0.25, 0.3) is 0 Å². The van der Waals surface area contributed by atoms with Gasteiger partial charge in [0.2, 0.25) is 0 Å². The summed E-state index contributed by atoms with van der Waals surface area (Å²) in [6.07, 6.45) is 3.58. The first-order valence-corrected chi connectivity index (χ1v) is 6.07. The van der Waals surface area contributed by atoms with Gasteiger partial charge in [0.1, 0.15) is 11.2 Å². The van der Waals surface area contributed by atoms with Crippen molar-refractivity contribution in [1.82, 2.24) is 19.9 Å². The maximum atomic E-state index is 4.65. The normalized spacial score (nSPS) is 11.2. The Labute approximate surface area is 109 Å². The summed E-state index contributed by atoms with van der Waals surface area (Å²) in [6, 6.07) is 13.8. The molecule has 4 heteroatoms. The van der Waals surface area contributed by atoms with E-state index >= 15 is 0 Å². The molecule has 0 amide bonds. The molecule has 0 saturated carbocycles. The average Bonchev–Trinajstić information content (AvgIpc) is 2.93. The number of H-pyrrole nitrogens is 1. The van der Waals surface area contributed by atoms with Crippen LogP contribution in [0, 0.1) is 0 Å². The van der Waals surface area contributed by atoms with Crippen LogP contribution < -0.4 is 0 Å². The first kappa shape index (κ1) is 10.2. The van der Waals surface area contributed by atoms with Crippen LogP contribution in [-0.2, 0) is 0 Å². The Morgan fingerprint density at radius 2 is 1.79 bits per heavy atom. The van der Waals surface area contributed by atoms with Crippen LogP contribution in [0.5, 0.6) is 0 Å².